The molecule has 2 heteroatoms. The Morgan fingerprint density at radius 3 is 2.93 bits per heavy atom. The molecule has 0 N–H and O–H groups in total. The summed E-state index contributed by atoms with van der Waals surface area (Å²) in [6, 6.07) is 6.48. The highest BCUT2D eigenvalue weighted by Gasteiger charge is 2.15. The normalized spacial score (nSPS) is 18.0. The molecule has 0 fully saturated rings. The Labute approximate surface area is 84.6 Å². The first-order valence-electron chi connectivity index (χ1n) is 4.97. The highest BCUT2D eigenvalue weighted by molar-refractivity contribution is 5.88. The zero-order valence-electron chi connectivity index (χ0n) is 8.71. The minimum absolute atomic E-state index is 0.949. The fourth-order valence-electron chi connectivity index (χ4n) is 2.07. The lowest BCUT2D eigenvalue weighted by atomic mass is 9.88. The standard InChI is InChI=1S/C12H15NO/c1-9-4-3-5-10-8-11(13-14-2)6-7-12(9)10/h3-5H,6-8H2,1-2H3/b13-11-. The van der Waals surface area contributed by atoms with Gasteiger partial charge in [-0.15, -0.1) is 0 Å². The predicted octanol–water partition coefficient (Wildman–Crippen LogP) is 2.49. The molecule has 0 spiro atoms. The third-order valence-electron chi connectivity index (χ3n) is 2.79. The summed E-state index contributed by atoms with van der Waals surface area (Å²) in [6.45, 7) is 2.18. The molecule has 0 amide bonds. The van der Waals surface area contributed by atoms with Crippen LogP contribution in [0.25, 0.3) is 0 Å². The maximum absolute atomic E-state index is 4.81. The van der Waals surface area contributed by atoms with E-state index in [1.54, 1.807) is 7.11 Å². The molecule has 0 radical (unpaired) electrons. The van der Waals surface area contributed by atoms with E-state index in [9.17, 15) is 0 Å². The Morgan fingerprint density at radius 2 is 2.14 bits per heavy atom. The fourth-order valence-corrected chi connectivity index (χ4v) is 2.07. The summed E-state index contributed by atoms with van der Waals surface area (Å²) in [5.74, 6) is 0. The van der Waals surface area contributed by atoms with Gasteiger partial charge in [-0.1, -0.05) is 23.4 Å². The van der Waals surface area contributed by atoms with Crippen molar-refractivity contribution in [3.8, 4) is 0 Å². The van der Waals surface area contributed by atoms with Crippen LogP contribution in [-0.4, -0.2) is 12.8 Å². The van der Waals surface area contributed by atoms with E-state index < -0.39 is 0 Å². The smallest absolute Gasteiger partial charge is 0.106 e. The van der Waals surface area contributed by atoms with Crippen LogP contribution in [0.1, 0.15) is 23.1 Å². The molecule has 1 aromatic carbocycles. The number of hydrogen-bond donors (Lipinski definition) is 0. The molecule has 1 aliphatic carbocycles. The van der Waals surface area contributed by atoms with Crippen molar-refractivity contribution in [1.82, 2.24) is 0 Å². The third-order valence-corrected chi connectivity index (χ3v) is 2.79. The second-order valence-electron chi connectivity index (χ2n) is 3.73. The number of fused-ring (bicyclic) bond motifs is 1. The van der Waals surface area contributed by atoms with Crippen molar-refractivity contribution in [2.45, 2.75) is 26.2 Å². The fraction of sp³-hybridized carbons (Fsp3) is 0.417. The highest BCUT2D eigenvalue weighted by atomic mass is 16.6. The maximum atomic E-state index is 4.81. The zero-order valence-corrected chi connectivity index (χ0v) is 8.71. The molecule has 0 heterocycles. The molecule has 0 aromatic heterocycles. The number of benzene rings is 1. The van der Waals surface area contributed by atoms with E-state index in [1.165, 1.54) is 16.7 Å². The molecule has 1 aromatic rings. The van der Waals surface area contributed by atoms with Crippen LogP contribution in [0.2, 0.25) is 0 Å². The number of oxime groups is 1. The molecule has 0 bridgehead atoms. The van der Waals surface area contributed by atoms with Crippen molar-refractivity contribution in [2.75, 3.05) is 7.11 Å². The summed E-state index contributed by atoms with van der Waals surface area (Å²) in [5.41, 5.74) is 5.47. The topological polar surface area (TPSA) is 21.6 Å². The van der Waals surface area contributed by atoms with Crippen molar-refractivity contribution in [3.63, 3.8) is 0 Å². The van der Waals surface area contributed by atoms with Gasteiger partial charge in [0.25, 0.3) is 0 Å². The van der Waals surface area contributed by atoms with Crippen LogP contribution in [0.15, 0.2) is 23.4 Å². The van der Waals surface area contributed by atoms with Gasteiger partial charge in [0.15, 0.2) is 0 Å². The van der Waals surface area contributed by atoms with Crippen LogP contribution < -0.4 is 0 Å². The van der Waals surface area contributed by atoms with E-state index in [0.717, 1.165) is 25.0 Å². The van der Waals surface area contributed by atoms with Crippen LogP contribution in [0.4, 0.5) is 0 Å². The van der Waals surface area contributed by atoms with Crippen LogP contribution in [0.3, 0.4) is 0 Å². The van der Waals surface area contributed by atoms with Gasteiger partial charge in [0, 0.05) is 6.42 Å². The molecule has 0 saturated heterocycles. The first-order chi connectivity index (χ1) is 6.81. The summed E-state index contributed by atoms with van der Waals surface area (Å²) < 4.78 is 0. The zero-order chi connectivity index (χ0) is 9.97. The predicted molar refractivity (Wildman–Crippen MR) is 57.6 cm³/mol. The second-order valence-corrected chi connectivity index (χ2v) is 3.73. The number of rotatable bonds is 1. The monoisotopic (exact) mass is 189 g/mol. The Kier molecular flexibility index (Phi) is 2.53. The lowest BCUT2D eigenvalue weighted by Crippen LogP contribution is -2.14. The molecule has 1 aliphatic rings. The summed E-state index contributed by atoms with van der Waals surface area (Å²) in [5, 5.41) is 4.03. The van der Waals surface area contributed by atoms with Gasteiger partial charge < -0.3 is 4.84 Å². The van der Waals surface area contributed by atoms with Gasteiger partial charge in [-0.3, -0.25) is 0 Å². The Bertz CT molecular complexity index is 369. The molecule has 74 valence electrons. The first kappa shape index (κ1) is 9.25. The van der Waals surface area contributed by atoms with Crippen molar-refractivity contribution >= 4 is 5.71 Å². The summed E-state index contributed by atoms with van der Waals surface area (Å²) >= 11 is 0. The van der Waals surface area contributed by atoms with Crippen molar-refractivity contribution in [1.29, 1.82) is 0 Å². The van der Waals surface area contributed by atoms with E-state index in [0.29, 0.717) is 0 Å². The average molecular weight is 189 g/mol. The molecular weight excluding hydrogens is 174 g/mol. The largest absolute Gasteiger partial charge is 0.399 e. The minimum Gasteiger partial charge on any atom is -0.399 e. The maximum Gasteiger partial charge on any atom is 0.106 e. The minimum atomic E-state index is 0.949. The summed E-state index contributed by atoms with van der Waals surface area (Å²) in [6.07, 6.45) is 3.08. The van der Waals surface area contributed by atoms with Crippen LogP contribution in [0, 0.1) is 6.92 Å². The summed E-state index contributed by atoms with van der Waals surface area (Å²) in [7, 11) is 1.61. The molecule has 2 nitrogen and oxygen atoms in total. The van der Waals surface area contributed by atoms with Crippen LogP contribution >= 0.6 is 0 Å². The molecule has 0 aliphatic heterocycles. The molecule has 2 rings (SSSR count). The Balaban J connectivity index is 2.31. The van der Waals surface area contributed by atoms with E-state index >= 15 is 0 Å². The first-order valence-corrected chi connectivity index (χ1v) is 4.97. The van der Waals surface area contributed by atoms with Gasteiger partial charge in [0.2, 0.25) is 0 Å². The van der Waals surface area contributed by atoms with Gasteiger partial charge in [-0.25, -0.2) is 0 Å². The van der Waals surface area contributed by atoms with Gasteiger partial charge >= 0.3 is 0 Å². The van der Waals surface area contributed by atoms with E-state index in [1.807, 2.05) is 0 Å². The lowest BCUT2D eigenvalue weighted by Gasteiger charge is -2.18. The SMILES string of the molecule is CO/N=C1/CCc2c(C)cccc2C1. The van der Waals surface area contributed by atoms with Crippen molar-refractivity contribution in [3.05, 3.63) is 34.9 Å². The highest BCUT2D eigenvalue weighted by Crippen LogP contribution is 2.22. The quantitative estimate of drug-likeness (QED) is 0.622. The third kappa shape index (κ3) is 1.65. The molecular formula is C12H15NO. The van der Waals surface area contributed by atoms with E-state index in [2.05, 4.69) is 30.3 Å². The van der Waals surface area contributed by atoms with Gasteiger partial charge in [-0.05, 0) is 36.5 Å². The molecule has 0 unspecified atom stereocenters. The number of nitrogens with zero attached hydrogens (tertiary/aromatic N) is 1. The van der Waals surface area contributed by atoms with Gasteiger partial charge in [-0.2, -0.15) is 0 Å². The summed E-state index contributed by atoms with van der Waals surface area (Å²) in [4.78, 5) is 4.81. The van der Waals surface area contributed by atoms with Crippen molar-refractivity contribution in [2.24, 2.45) is 5.16 Å². The van der Waals surface area contributed by atoms with Crippen LogP contribution in [-0.2, 0) is 17.7 Å². The average Bonchev–Trinajstić information content (AvgIpc) is 2.18. The number of aryl methyl sites for hydroxylation is 1. The van der Waals surface area contributed by atoms with Gasteiger partial charge in [0.1, 0.15) is 7.11 Å². The number of hydrogen-bond acceptors (Lipinski definition) is 2. The molecule has 0 saturated carbocycles. The lowest BCUT2D eigenvalue weighted by molar-refractivity contribution is 0.211. The van der Waals surface area contributed by atoms with Crippen molar-refractivity contribution < 1.29 is 4.84 Å². The van der Waals surface area contributed by atoms with Gasteiger partial charge in [0.05, 0.1) is 5.71 Å². The van der Waals surface area contributed by atoms with E-state index in [4.69, 9.17) is 4.84 Å². The second kappa shape index (κ2) is 3.82. The molecule has 14 heavy (non-hydrogen) atoms. The Hall–Kier alpha value is -1.31. The Morgan fingerprint density at radius 1 is 1.29 bits per heavy atom. The van der Waals surface area contributed by atoms with E-state index in [-0.39, 0.29) is 0 Å². The van der Waals surface area contributed by atoms with Crippen LogP contribution in [0.5, 0.6) is 0 Å². The molecule has 0 atom stereocenters.